The molecule has 0 aromatic heterocycles. The number of nitrogens with two attached hydrogens (primary N) is 1. The van der Waals surface area contributed by atoms with E-state index in [1.165, 1.54) is 49.7 Å². The number of ether oxygens (including phenoxy) is 2. The van der Waals surface area contributed by atoms with Crippen LogP contribution in [0, 0.1) is 0 Å². The lowest BCUT2D eigenvalue weighted by atomic mass is 9.99. The Kier molecular flexibility index (Phi) is 7.21. The van der Waals surface area contributed by atoms with Crippen LogP contribution in [0.2, 0.25) is 0 Å². The van der Waals surface area contributed by atoms with Crippen LogP contribution in [-0.2, 0) is 13.0 Å². The Labute approximate surface area is 163 Å². The Morgan fingerprint density at radius 2 is 1.78 bits per heavy atom. The molecule has 1 aromatic carbocycles. The van der Waals surface area contributed by atoms with Gasteiger partial charge in [0.25, 0.3) is 0 Å². The molecule has 0 saturated heterocycles. The van der Waals surface area contributed by atoms with E-state index in [0.29, 0.717) is 12.0 Å². The third kappa shape index (κ3) is 5.51. The quantitative estimate of drug-likeness (QED) is 0.455. The minimum absolute atomic E-state index is 0.501. The highest BCUT2D eigenvalue weighted by atomic mass is 16.5. The number of methoxy groups -OCH3 is 2. The summed E-state index contributed by atoms with van der Waals surface area (Å²) in [5.41, 5.74) is 8.77. The van der Waals surface area contributed by atoms with Gasteiger partial charge in [-0.05, 0) is 42.5 Å². The van der Waals surface area contributed by atoms with Crippen molar-refractivity contribution in [2.24, 2.45) is 10.7 Å². The second-order valence-electron chi connectivity index (χ2n) is 7.60. The molecule has 6 heteroatoms. The Morgan fingerprint density at radius 3 is 2.44 bits per heavy atom. The first kappa shape index (κ1) is 19.8. The molecular weight excluding hydrogens is 340 g/mol. The molecule has 3 N–H and O–H groups in total. The number of nitrogens with zero attached hydrogens (tertiary/aromatic N) is 2. The molecule has 0 amide bonds. The monoisotopic (exact) mass is 374 g/mol. The number of guanidine groups is 1. The van der Waals surface area contributed by atoms with Gasteiger partial charge in [0.1, 0.15) is 0 Å². The highest BCUT2D eigenvalue weighted by Gasteiger charge is 2.19. The summed E-state index contributed by atoms with van der Waals surface area (Å²) in [6.45, 7) is 3.60. The van der Waals surface area contributed by atoms with Crippen LogP contribution in [0.5, 0.6) is 11.5 Å². The average molecular weight is 375 g/mol. The summed E-state index contributed by atoms with van der Waals surface area (Å²) in [6, 6.07) is 4.71. The van der Waals surface area contributed by atoms with Gasteiger partial charge in [-0.25, -0.2) is 0 Å². The summed E-state index contributed by atoms with van der Waals surface area (Å²) < 4.78 is 10.9. The van der Waals surface area contributed by atoms with Gasteiger partial charge in [0.15, 0.2) is 17.5 Å². The number of aliphatic imine (C=N–C) groups is 1. The number of benzene rings is 1. The molecule has 27 heavy (non-hydrogen) atoms. The van der Waals surface area contributed by atoms with Crippen LogP contribution < -0.4 is 20.5 Å². The summed E-state index contributed by atoms with van der Waals surface area (Å²) in [5.74, 6) is 2.21. The Bertz CT molecular complexity index is 639. The van der Waals surface area contributed by atoms with E-state index in [0.717, 1.165) is 44.1 Å². The first-order valence-electron chi connectivity index (χ1n) is 10.2. The van der Waals surface area contributed by atoms with Gasteiger partial charge in [-0.2, -0.15) is 0 Å². The van der Waals surface area contributed by atoms with Crippen molar-refractivity contribution >= 4 is 5.96 Å². The molecule has 1 saturated carbocycles. The fourth-order valence-corrected chi connectivity index (χ4v) is 4.12. The lowest BCUT2D eigenvalue weighted by Gasteiger charge is -2.29. The smallest absolute Gasteiger partial charge is 0.188 e. The molecule has 1 aromatic rings. The third-order valence-corrected chi connectivity index (χ3v) is 5.70. The molecule has 3 rings (SSSR count). The van der Waals surface area contributed by atoms with E-state index in [1.54, 1.807) is 14.2 Å². The number of fused-ring (bicyclic) bond motifs is 1. The van der Waals surface area contributed by atoms with Crippen molar-refractivity contribution in [3.8, 4) is 11.5 Å². The highest BCUT2D eigenvalue weighted by molar-refractivity contribution is 5.78. The predicted molar refractivity (Wildman–Crippen MR) is 110 cm³/mol. The molecule has 1 aliphatic heterocycles. The van der Waals surface area contributed by atoms with Crippen LogP contribution in [0.3, 0.4) is 0 Å². The molecule has 0 atom stereocenters. The molecule has 0 bridgehead atoms. The zero-order chi connectivity index (χ0) is 19.1. The van der Waals surface area contributed by atoms with Gasteiger partial charge in [-0.15, -0.1) is 0 Å². The van der Waals surface area contributed by atoms with Gasteiger partial charge in [0.2, 0.25) is 0 Å². The zero-order valence-electron chi connectivity index (χ0n) is 16.8. The van der Waals surface area contributed by atoms with Crippen LogP contribution in [0.4, 0.5) is 0 Å². The zero-order valence-corrected chi connectivity index (χ0v) is 16.8. The van der Waals surface area contributed by atoms with Crippen molar-refractivity contribution in [2.75, 3.05) is 33.9 Å². The van der Waals surface area contributed by atoms with E-state index in [-0.39, 0.29) is 0 Å². The SMILES string of the molecule is COc1cc2c(cc1OC)CN(CCN=C(N)NC1CCCCCC1)CC2. The summed E-state index contributed by atoms with van der Waals surface area (Å²) in [6.07, 6.45) is 8.74. The molecule has 6 nitrogen and oxygen atoms in total. The first-order valence-corrected chi connectivity index (χ1v) is 10.2. The van der Waals surface area contributed by atoms with E-state index in [4.69, 9.17) is 15.2 Å². The van der Waals surface area contributed by atoms with Gasteiger partial charge in [0.05, 0.1) is 20.8 Å². The number of hydrogen-bond donors (Lipinski definition) is 2. The second kappa shape index (κ2) is 9.83. The topological polar surface area (TPSA) is 72.1 Å². The minimum Gasteiger partial charge on any atom is -0.493 e. The van der Waals surface area contributed by atoms with Crippen LogP contribution in [0.15, 0.2) is 17.1 Å². The van der Waals surface area contributed by atoms with E-state index in [9.17, 15) is 0 Å². The molecule has 0 spiro atoms. The second-order valence-corrected chi connectivity index (χ2v) is 7.60. The van der Waals surface area contributed by atoms with Gasteiger partial charge in [0, 0.05) is 25.7 Å². The molecule has 2 aliphatic rings. The van der Waals surface area contributed by atoms with E-state index >= 15 is 0 Å². The largest absolute Gasteiger partial charge is 0.493 e. The molecule has 1 fully saturated rings. The van der Waals surface area contributed by atoms with Crippen molar-refractivity contribution in [1.82, 2.24) is 10.2 Å². The van der Waals surface area contributed by atoms with Crippen molar-refractivity contribution in [3.05, 3.63) is 23.3 Å². The lowest BCUT2D eigenvalue weighted by molar-refractivity contribution is 0.260. The maximum absolute atomic E-state index is 6.11. The predicted octanol–water partition coefficient (Wildman–Crippen LogP) is 2.69. The van der Waals surface area contributed by atoms with E-state index in [1.807, 2.05) is 0 Å². The number of rotatable bonds is 6. The number of nitrogens with one attached hydrogen (secondary N) is 1. The van der Waals surface area contributed by atoms with Gasteiger partial charge in [-0.1, -0.05) is 25.7 Å². The maximum Gasteiger partial charge on any atom is 0.188 e. The average Bonchev–Trinajstić information content (AvgIpc) is 2.95. The normalized spacial score (nSPS) is 19.3. The van der Waals surface area contributed by atoms with E-state index in [2.05, 4.69) is 27.3 Å². The molecule has 1 heterocycles. The van der Waals surface area contributed by atoms with Crippen molar-refractivity contribution < 1.29 is 9.47 Å². The van der Waals surface area contributed by atoms with Crippen molar-refractivity contribution in [2.45, 2.75) is 57.5 Å². The van der Waals surface area contributed by atoms with Crippen LogP contribution in [-0.4, -0.2) is 50.8 Å². The minimum atomic E-state index is 0.501. The maximum atomic E-state index is 6.11. The Hall–Kier alpha value is -1.95. The fraction of sp³-hybridized carbons (Fsp3) is 0.667. The van der Waals surface area contributed by atoms with Crippen LogP contribution in [0.25, 0.3) is 0 Å². The third-order valence-electron chi connectivity index (χ3n) is 5.70. The van der Waals surface area contributed by atoms with Gasteiger partial charge < -0.3 is 20.5 Å². The van der Waals surface area contributed by atoms with Gasteiger partial charge >= 0.3 is 0 Å². The van der Waals surface area contributed by atoms with E-state index < -0.39 is 0 Å². The first-order chi connectivity index (χ1) is 13.2. The molecule has 1 aliphatic carbocycles. The lowest BCUT2D eigenvalue weighted by Crippen LogP contribution is -2.40. The summed E-state index contributed by atoms with van der Waals surface area (Å²) >= 11 is 0. The Morgan fingerprint density at radius 1 is 1.11 bits per heavy atom. The van der Waals surface area contributed by atoms with Crippen LogP contribution in [0.1, 0.15) is 49.7 Å². The molecule has 0 unspecified atom stereocenters. The number of hydrogen-bond acceptors (Lipinski definition) is 4. The molecule has 150 valence electrons. The van der Waals surface area contributed by atoms with Crippen molar-refractivity contribution in [1.29, 1.82) is 0 Å². The van der Waals surface area contributed by atoms with Crippen LogP contribution >= 0.6 is 0 Å². The highest BCUT2D eigenvalue weighted by Crippen LogP contribution is 2.33. The van der Waals surface area contributed by atoms with Crippen molar-refractivity contribution in [3.63, 3.8) is 0 Å². The summed E-state index contributed by atoms with van der Waals surface area (Å²) in [4.78, 5) is 6.98. The summed E-state index contributed by atoms with van der Waals surface area (Å²) in [7, 11) is 3.37. The molecule has 0 radical (unpaired) electrons. The van der Waals surface area contributed by atoms with Gasteiger partial charge in [-0.3, -0.25) is 9.89 Å². The fourth-order valence-electron chi connectivity index (χ4n) is 4.12. The molecular formula is C21H34N4O2. The summed E-state index contributed by atoms with van der Waals surface area (Å²) in [5, 5.41) is 3.42. The standard InChI is InChI=1S/C21H34N4O2/c1-26-19-13-16-9-11-25(15-17(16)14-20(19)27-2)12-10-23-21(22)24-18-7-5-3-4-6-8-18/h13-14,18H,3-12,15H2,1-2H3,(H3,22,23,24). The Balaban J connectivity index is 1.49.